The molecule has 0 aromatic rings. The van der Waals surface area contributed by atoms with Crippen LogP contribution in [0.25, 0.3) is 0 Å². The van der Waals surface area contributed by atoms with Crippen LogP contribution in [0, 0.1) is 17.3 Å². The molecular formula is C14H23OP. The summed E-state index contributed by atoms with van der Waals surface area (Å²) in [5.41, 5.74) is 3.70. The largest absolute Gasteiger partial charge is 0.466 e. The van der Waals surface area contributed by atoms with Gasteiger partial charge in [0.1, 0.15) is 8.81 Å². The van der Waals surface area contributed by atoms with Gasteiger partial charge in [-0.2, -0.15) is 0 Å². The molecule has 0 amide bonds. The van der Waals surface area contributed by atoms with Gasteiger partial charge in [-0.1, -0.05) is 33.1 Å². The summed E-state index contributed by atoms with van der Waals surface area (Å²) >= 11 is 0. The standard InChI is InChI=1S/C14H23OP/c1-3-14(2)7-5-4-6-11(14)8-10-9-12(10)13-15-16-13/h10-11,16H,3-9H2,1-2H3/b13-12-. The predicted molar refractivity (Wildman–Crippen MR) is 69.5 cm³/mol. The zero-order valence-electron chi connectivity index (χ0n) is 10.5. The highest BCUT2D eigenvalue weighted by molar-refractivity contribution is 7.45. The Hall–Kier alpha value is -0.0300. The van der Waals surface area contributed by atoms with Crippen LogP contribution in [-0.4, -0.2) is 0 Å². The lowest BCUT2D eigenvalue weighted by Crippen LogP contribution is -2.30. The van der Waals surface area contributed by atoms with Gasteiger partial charge in [0.25, 0.3) is 0 Å². The molecule has 4 atom stereocenters. The minimum atomic E-state index is 0.642. The molecule has 0 spiro atoms. The van der Waals surface area contributed by atoms with Gasteiger partial charge in [-0.05, 0) is 48.5 Å². The summed E-state index contributed by atoms with van der Waals surface area (Å²) in [6.07, 6.45) is 10.1. The third kappa shape index (κ3) is 2.04. The molecule has 1 nitrogen and oxygen atoms in total. The third-order valence-electron chi connectivity index (χ3n) is 5.21. The van der Waals surface area contributed by atoms with E-state index >= 15 is 0 Å². The molecule has 2 heteroatoms. The molecule has 0 aromatic heterocycles. The molecule has 0 N–H and O–H groups in total. The first-order valence-corrected chi connectivity index (χ1v) is 7.79. The monoisotopic (exact) mass is 238 g/mol. The lowest BCUT2D eigenvalue weighted by atomic mass is 9.64. The molecule has 0 bridgehead atoms. The van der Waals surface area contributed by atoms with Gasteiger partial charge in [0.05, 0.1) is 0 Å². The molecule has 1 aliphatic heterocycles. The van der Waals surface area contributed by atoms with Gasteiger partial charge in [-0.25, -0.2) is 0 Å². The predicted octanol–water partition coefficient (Wildman–Crippen LogP) is 4.84. The van der Waals surface area contributed by atoms with Crippen molar-refractivity contribution < 1.29 is 4.52 Å². The minimum absolute atomic E-state index is 0.642. The van der Waals surface area contributed by atoms with E-state index < -0.39 is 0 Å². The smallest absolute Gasteiger partial charge is 0.158 e. The first kappa shape index (κ1) is 11.1. The second kappa shape index (κ2) is 4.02. The van der Waals surface area contributed by atoms with Crippen LogP contribution in [0.1, 0.15) is 58.8 Å². The molecule has 4 unspecified atom stereocenters. The Labute approximate surface area is 101 Å². The van der Waals surface area contributed by atoms with Crippen LogP contribution in [0.3, 0.4) is 0 Å². The summed E-state index contributed by atoms with van der Waals surface area (Å²) < 4.78 is 5.34. The quantitative estimate of drug-likeness (QED) is 0.506. The molecule has 2 aliphatic carbocycles. The third-order valence-corrected chi connectivity index (χ3v) is 5.94. The molecule has 3 rings (SSSR count). The van der Waals surface area contributed by atoms with E-state index in [1.807, 2.05) is 0 Å². The van der Waals surface area contributed by atoms with E-state index in [2.05, 4.69) is 13.8 Å². The molecule has 16 heavy (non-hydrogen) atoms. The fourth-order valence-corrected chi connectivity index (χ4v) is 4.17. The summed E-state index contributed by atoms with van der Waals surface area (Å²) in [5, 5.41) is 0. The maximum Gasteiger partial charge on any atom is 0.158 e. The van der Waals surface area contributed by atoms with Crippen LogP contribution in [-0.2, 0) is 4.52 Å². The van der Waals surface area contributed by atoms with Crippen LogP contribution < -0.4 is 0 Å². The lowest BCUT2D eigenvalue weighted by Gasteiger charge is -2.41. The fraction of sp³-hybridized carbons (Fsp3) is 0.857. The molecule has 3 aliphatic rings. The van der Waals surface area contributed by atoms with Crippen molar-refractivity contribution in [3.8, 4) is 0 Å². The van der Waals surface area contributed by atoms with Crippen molar-refractivity contribution in [3.63, 3.8) is 0 Å². The van der Waals surface area contributed by atoms with Crippen molar-refractivity contribution in [3.05, 3.63) is 11.1 Å². The summed E-state index contributed by atoms with van der Waals surface area (Å²) in [6.45, 7) is 4.91. The van der Waals surface area contributed by atoms with E-state index in [0.717, 1.165) is 20.6 Å². The molecule has 2 saturated carbocycles. The molecule has 3 fully saturated rings. The first-order chi connectivity index (χ1) is 7.73. The summed E-state index contributed by atoms with van der Waals surface area (Å²) in [5.74, 6) is 1.90. The van der Waals surface area contributed by atoms with Crippen molar-refractivity contribution >= 4 is 8.81 Å². The van der Waals surface area contributed by atoms with Gasteiger partial charge in [0, 0.05) is 0 Å². The fourth-order valence-electron chi connectivity index (χ4n) is 3.55. The average Bonchev–Trinajstić information content (AvgIpc) is 3.13. The Morgan fingerprint density at radius 2 is 2.25 bits per heavy atom. The highest BCUT2D eigenvalue weighted by Gasteiger charge is 2.43. The molecule has 1 heterocycles. The number of allylic oxidation sites excluding steroid dienone is 1. The lowest BCUT2D eigenvalue weighted by molar-refractivity contribution is 0.0984. The van der Waals surface area contributed by atoms with Gasteiger partial charge in [-0.3, -0.25) is 0 Å². The SMILES string of the molecule is CCC1(C)CCCCC1CC1C/C1=C1\OP1. The van der Waals surface area contributed by atoms with E-state index in [1.165, 1.54) is 50.4 Å². The van der Waals surface area contributed by atoms with Crippen molar-refractivity contribution in [2.45, 2.75) is 58.8 Å². The maximum absolute atomic E-state index is 5.34. The van der Waals surface area contributed by atoms with Crippen LogP contribution in [0.2, 0.25) is 0 Å². The van der Waals surface area contributed by atoms with Crippen molar-refractivity contribution in [1.29, 1.82) is 0 Å². The van der Waals surface area contributed by atoms with E-state index in [9.17, 15) is 0 Å². The minimum Gasteiger partial charge on any atom is -0.466 e. The van der Waals surface area contributed by atoms with E-state index in [-0.39, 0.29) is 0 Å². The summed E-state index contributed by atoms with van der Waals surface area (Å²) in [7, 11) is 0.731. The topological polar surface area (TPSA) is 12.5 Å². The van der Waals surface area contributed by atoms with E-state index in [1.54, 1.807) is 5.57 Å². The zero-order valence-corrected chi connectivity index (χ0v) is 11.5. The van der Waals surface area contributed by atoms with Gasteiger partial charge in [-0.15, -0.1) is 0 Å². The molecule has 1 saturated heterocycles. The second-order valence-electron chi connectivity index (χ2n) is 6.15. The van der Waals surface area contributed by atoms with Gasteiger partial charge in [0.15, 0.2) is 5.50 Å². The van der Waals surface area contributed by atoms with E-state index in [0.29, 0.717) is 5.41 Å². The Bertz CT molecular complexity index is 317. The second-order valence-corrected chi connectivity index (χ2v) is 7.01. The highest BCUT2D eigenvalue weighted by Crippen LogP contribution is 2.60. The first-order valence-electron chi connectivity index (χ1n) is 6.89. The van der Waals surface area contributed by atoms with Crippen molar-refractivity contribution in [2.24, 2.45) is 17.3 Å². The van der Waals surface area contributed by atoms with E-state index in [4.69, 9.17) is 4.52 Å². The Kier molecular flexibility index (Phi) is 2.78. The maximum atomic E-state index is 5.34. The summed E-state index contributed by atoms with van der Waals surface area (Å²) in [6, 6.07) is 0. The highest BCUT2D eigenvalue weighted by atomic mass is 31.1. The van der Waals surface area contributed by atoms with Gasteiger partial charge in [0.2, 0.25) is 0 Å². The number of rotatable bonds is 3. The summed E-state index contributed by atoms with van der Waals surface area (Å²) in [4.78, 5) is 0. The van der Waals surface area contributed by atoms with Crippen LogP contribution in [0.5, 0.6) is 0 Å². The zero-order chi connectivity index (χ0) is 11.2. The number of hydrogen-bond acceptors (Lipinski definition) is 1. The van der Waals surface area contributed by atoms with Gasteiger partial charge < -0.3 is 4.52 Å². The molecule has 90 valence electrons. The van der Waals surface area contributed by atoms with Crippen molar-refractivity contribution in [1.82, 2.24) is 0 Å². The Balaban J connectivity index is 1.62. The Morgan fingerprint density at radius 1 is 1.44 bits per heavy atom. The van der Waals surface area contributed by atoms with Crippen molar-refractivity contribution in [2.75, 3.05) is 0 Å². The van der Waals surface area contributed by atoms with Crippen LogP contribution in [0.4, 0.5) is 0 Å². The van der Waals surface area contributed by atoms with Crippen LogP contribution in [0.15, 0.2) is 11.1 Å². The van der Waals surface area contributed by atoms with Gasteiger partial charge >= 0.3 is 0 Å². The normalized spacial score (nSPS) is 47.9. The Morgan fingerprint density at radius 3 is 2.94 bits per heavy atom. The van der Waals surface area contributed by atoms with Crippen LogP contribution >= 0.6 is 8.81 Å². The molecule has 0 radical (unpaired) electrons. The number of hydrogen-bond donors (Lipinski definition) is 0. The average molecular weight is 238 g/mol. The molecule has 0 aromatic carbocycles. The molecular weight excluding hydrogens is 215 g/mol.